The molecule has 0 radical (unpaired) electrons. The van der Waals surface area contributed by atoms with E-state index in [9.17, 15) is 14.4 Å². The van der Waals surface area contributed by atoms with Crippen molar-refractivity contribution in [3.63, 3.8) is 0 Å². The number of nitrogens with one attached hydrogen (secondary N) is 2. The lowest BCUT2D eigenvalue weighted by Crippen LogP contribution is -2.38. The third-order valence-corrected chi connectivity index (χ3v) is 2.65. The molecular formula is C14H18N2O4. The summed E-state index contributed by atoms with van der Waals surface area (Å²) in [6.45, 7) is 3.75. The van der Waals surface area contributed by atoms with E-state index in [0.29, 0.717) is 5.69 Å². The molecule has 1 atom stereocenters. The maximum Gasteiger partial charge on any atom is 0.313 e. The van der Waals surface area contributed by atoms with Crippen LogP contribution in [0.3, 0.4) is 0 Å². The average Bonchev–Trinajstić information content (AvgIpc) is 2.37. The van der Waals surface area contributed by atoms with Crippen molar-refractivity contribution in [2.45, 2.75) is 20.3 Å². The minimum Gasteiger partial charge on any atom is -0.481 e. The number of aliphatic carboxylic acids is 1. The topological polar surface area (TPSA) is 95.5 Å². The zero-order chi connectivity index (χ0) is 15.1. The van der Waals surface area contributed by atoms with Gasteiger partial charge in [0.1, 0.15) is 0 Å². The second-order valence-electron chi connectivity index (χ2n) is 4.73. The van der Waals surface area contributed by atoms with Crippen molar-refractivity contribution in [2.75, 3.05) is 11.9 Å². The standard InChI is InChI=1S/C14H18N2O4/c1-9-3-5-11(6-4-9)16-14(20)13(19)15-8-10(2)7-12(17)18/h3-6,10H,7-8H2,1-2H3,(H,15,19)(H,16,20)(H,17,18). The van der Waals surface area contributed by atoms with Crippen LogP contribution in [-0.2, 0) is 14.4 Å². The van der Waals surface area contributed by atoms with Crippen molar-refractivity contribution in [1.29, 1.82) is 0 Å². The van der Waals surface area contributed by atoms with Crippen molar-refractivity contribution in [3.05, 3.63) is 29.8 Å². The number of carboxylic acids is 1. The Kier molecular flexibility index (Phi) is 5.71. The van der Waals surface area contributed by atoms with Gasteiger partial charge in [-0.25, -0.2) is 0 Å². The molecule has 6 heteroatoms. The van der Waals surface area contributed by atoms with E-state index in [4.69, 9.17) is 5.11 Å². The first-order valence-electron chi connectivity index (χ1n) is 6.26. The molecule has 1 aromatic carbocycles. The van der Waals surface area contributed by atoms with Gasteiger partial charge in [-0.15, -0.1) is 0 Å². The van der Waals surface area contributed by atoms with Gasteiger partial charge in [0.2, 0.25) is 0 Å². The average molecular weight is 278 g/mol. The Balaban J connectivity index is 2.41. The molecule has 0 aliphatic heterocycles. The fourth-order valence-electron chi connectivity index (χ4n) is 1.54. The molecule has 20 heavy (non-hydrogen) atoms. The van der Waals surface area contributed by atoms with Crippen LogP contribution in [0.2, 0.25) is 0 Å². The molecule has 0 fully saturated rings. The third-order valence-electron chi connectivity index (χ3n) is 2.65. The summed E-state index contributed by atoms with van der Waals surface area (Å²) in [5.41, 5.74) is 1.59. The van der Waals surface area contributed by atoms with Crippen LogP contribution in [0.15, 0.2) is 24.3 Å². The Labute approximate surface area is 117 Å². The van der Waals surface area contributed by atoms with E-state index < -0.39 is 17.8 Å². The van der Waals surface area contributed by atoms with Crippen LogP contribution >= 0.6 is 0 Å². The van der Waals surface area contributed by atoms with Gasteiger partial charge >= 0.3 is 17.8 Å². The van der Waals surface area contributed by atoms with E-state index in [1.165, 1.54) is 0 Å². The Morgan fingerprint density at radius 3 is 2.30 bits per heavy atom. The highest BCUT2D eigenvalue weighted by molar-refractivity contribution is 6.39. The van der Waals surface area contributed by atoms with Gasteiger partial charge in [0.15, 0.2) is 0 Å². The van der Waals surface area contributed by atoms with Crippen LogP contribution in [0.25, 0.3) is 0 Å². The van der Waals surface area contributed by atoms with Crippen LogP contribution in [0, 0.1) is 12.8 Å². The van der Waals surface area contributed by atoms with Gasteiger partial charge in [-0.1, -0.05) is 24.6 Å². The molecule has 0 heterocycles. The molecule has 0 aliphatic carbocycles. The number of carbonyl (C=O) groups is 3. The van der Waals surface area contributed by atoms with Crippen molar-refractivity contribution < 1.29 is 19.5 Å². The monoisotopic (exact) mass is 278 g/mol. The van der Waals surface area contributed by atoms with Crippen LogP contribution in [0.5, 0.6) is 0 Å². The Morgan fingerprint density at radius 1 is 1.15 bits per heavy atom. The quantitative estimate of drug-likeness (QED) is 0.704. The molecule has 0 spiro atoms. The zero-order valence-corrected chi connectivity index (χ0v) is 11.5. The summed E-state index contributed by atoms with van der Waals surface area (Å²) in [6, 6.07) is 7.05. The van der Waals surface area contributed by atoms with Crippen molar-refractivity contribution >= 4 is 23.5 Å². The van der Waals surface area contributed by atoms with E-state index in [1.54, 1.807) is 19.1 Å². The first-order chi connectivity index (χ1) is 9.38. The van der Waals surface area contributed by atoms with E-state index in [2.05, 4.69) is 10.6 Å². The molecule has 1 rings (SSSR count). The summed E-state index contributed by atoms with van der Waals surface area (Å²) in [7, 11) is 0. The molecule has 108 valence electrons. The van der Waals surface area contributed by atoms with Gasteiger partial charge in [0.05, 0.1) is 0 Å². The number of carboxylic acid groups (broad SMARTS) is 1. The minimum absolute atomic E-state index is 0.0557. The second kappa shape index (κ2) is 7.28. The van der Waals surface area contributed by atoms with Gasteiger partial charge in [0, 0.05) is 18.7 Å². The van der Waals surface area contributed by atoms with Crippen molar-refractivity contribution in [2.24, 2.45) is 5.92 Å². The number of rotatable bonds is 5. The Bertz CT molecular complexity index is 496. The van der Waals surface area contributed by atoms with E-state index >= 15 is 0 Å². The fourth-order valence-corrected chi connectivity index (χ4v) is 1.54. The minimum atomic E-state index is -0.934. The molecule has 0 saturated carbocycles. The van der Waals surface area contributed by atoms with Gasteiger partial charge in [0.25, 0.3) is 0 Å². The first kappa shape index (κ1) is 15.7. The SMILES string of the molecule is Cc1ccc(NC(=O)C(=O)NCC(C)CC(=O)O)cc1. The highest BCUT2D eigenvalue weighted by Crippen LogP contribution is 2.08. The van der Waals surface area contributed by atoms with E-state index in [-0.39, 0.29) is 18.9 Å². The molecular weight excluding hydrogens is 260 g/mol. The van der Waals surface area contributed by atoms with Crippen LogP contribution < -0.4 is 10.6 Å². The smallest absolute Gasteiger partial charge is 0.313 e. The molecule has 0 bridgehead atoms. The summed E-state index contributed by atoms with van der Waals surface area (Å²) in [5.74, 6) is -2.71. The Morgan fingerprint density at radius 2 is 1.75 bits per heavy atom. The second-order valence-corrected chi connectivity index (χ2v) is 4.73. The third kappa shape index (κ3) is 5.51. The number of aryl methyl sites for hydroxylation is 1. The van der Waals surface area contributed by atoms with Gasteiger partial charge in [-0.2, -0.15) is 0 Å². The lowest BCUT2D eigenvalue weighted by atomic mass is 10.1. The molecule has 0 aromatic heterocycles. The predicted molar refractivity (Wildman–Crippen MR) is 74.2 cm³/mol. The normalized spacial score (nSPS) is 11.5. The molecule has 0 aliphatic rings. The summed E-state index contributed by atoms with van der Waals surface area (Å²) in [5, 5.41) is 13.5. The molecule has 3 N–H and O–H groups in total. The summed E-state index contributed by atoms with van der Waals surface area (Å²) >= 11 is 0. The number of anilines is 1. The van der Waals surface area contributed by atoms with Gasteiger partial charge in [-0.05, 0) is 25.0 Å². The van der Waals surface area contributed by atoms with Crippen LogP contribution in [-0.4, -0.2) is 29.4 Å². The number of benzene rings is 1. The maximum atomic E-state index is 11.6. The highest BCUT2D eigenvalue weighted by atomic mass is 16.4. The molecule has 6 nitrogen and oxygen atoms in total. The van der Waals surface area contributed by atoms with E-state index in [1.807, 2.05) is 19.1 Å². The van der Waals surface area contributed by atoms with Gasteiger partial charge < -0.3 is 15.7 Å². The predicted octanol–water partition coefficient (Wildman–Crippen LogP) is 1.16. The Hall–Kier alpha value is -2.37. The number of hydrogen-bond acceptors (Lipinski definition) is 3. The zero-order valence-electron chi connectivity index (χ0n) is 11.5. The van der Waals surface area contributed by atoms with Gasteiger partial charge in [-0.3, -0.25) is 14.4 Å². The summed E-state index contributed by atoms with van der Waals surface area (Å²) in [4.78, 5) is 33.6. The van der Waals surface area contributed by atoms with Crippen LogP contribution in [0.4, 0.5) is 5.69 Å². The lowest BCUT2D eigenvalue weighted by molar-refractivity contribution is -0.138. The number of carbonyl (C=O) groups excluding carboxylic acids is 2. The number of hydrogen-bond donors (Lipinski definition) is 3. The lowest BCUT2D eigenvalue weighted by Gasteiger charge is -2.10. The van der Waals surface area contributed by atoms with Crippen molar-refractivity contribution in [1.82, 2.24) is 5.32 Å². The summed E-state index contributed by atoms with van der Waals surface area (Å²) < 4.78 is 0. The van der Waals surface area contributed by atoms with Crippen molar-refractivity contribution in [3.8, 4) is 0 Å². The number of amides is 2. The fraction of sp³-hybridized carbons (Fsp3) is 0.357. The van der Waals surface area contributed by atoms with E-state index in [0.717, 1.165) is 5.56 Å². The molecule has 2 amide bonds. The molecule has 1 unspecified atom stereocenters. The summed E-state index contributed by atoms with van der Waals surface area (Å²) in [6.07, 6.45) is -0.0557. The molecule has 1 aromatic rings. The highest BCUT2D eigenvalue weighted by Gasteiger charge is 2.15. The largest absolute Gasteiger partial charge is 0.481 e. The van der Waals surface area contributed by atoms with Crippen LogP contribution in [0.1, 0.15) is 18.9 Å². The maximum absolute atomic E-state index is 11.6. The molecule has 0 saturated heterocycles. The first-order valence-corrected chi connectivity index (χ1v) is 6.26.